The summed E-state index contributed by atoms with van der Waals surface area (Å²) in [5.74, 6) is -2.12. The van der Waals surface area contributed by atoms with Crippen LogP contribution in [0.1, 0.15) is 46.7 Å². The molecule has 1 aliphatic heterocycles. The van der Waals surface area contributed by atoms with E-state index in [0.29, 0.717) is 23.4 Å². The van der Waals surface area contributed by atoms with Crippen molar-refractivity contribution < 1.29 is 32.3 Å². The molecule has 0 bridgehead atoms. The lowest BCUT2D eigenvalue weighted by Crippen LogP contribution is -2.57. The first-order valence-electron chi connectivity index (χ1n) is 10.8. The van der Waals surface area contributed by atoms with Crippen LogP contribution in [-0.2, 0) is 20.5 Å². The molecule has 2 aromatic carbocycles. The summed E-state index contributed by atoms with van der Waals surface area (Å²) in [6, 6.07) is 10.3. The van der Waals surface area contributed by atoms with Gasteiger partial charge in [0.25, 0.3) is 5.91 Å². The number of fused-ring (bicyclic) bond motifs is 1. The maximum Gasteiger partial charge on any atom is 0.416 e. The molecule has 6 nitrogen and oxygen atoms in total. The van der Waals surface area contributed by atoms with Gasteiger partial charge in [-0.05, 0) is 61.2 Å². The molecular formula is C24H22ClF3N2O4. The number of nitrogens with one attached hydrogen (secondary N) is 2. The van der Waals surface area contributed by atoms with Gasteiger partial charge in [0.15, 0.2) is 5.78 Å². The number of amides is 2. The lowest BCUT2D eigenvalue weighted by Gasteiger charge is -2.30. The van der Waals surface area contributed by atoms with E-state index in [4.69, 9.17) is 16.3 Å². The Morgan fingerprint density at radius 2 is 1.79 bits per heavy atom. The van der Waals surface area contributed by atoms with Crippen LogP contribution in [0, 0.1) is 0 Å². The molecule has 2 amide bonds. The minimum atomic E-state index is -4.51. The second kappa shape index (κ2) is 9.38. The van der Waals surface area contributed by atoms with E-state index in [9.17, 15) is 27.6 Å². The Morgan fingerprint density at radius 1 is 1.12 bits per heavy atom. The Kier molecular flexibility index (Phi) is 6.69. The van der Waals surface area contributed by atoms with Crippen LogP contribution in [0.4, 0.5) is 13.2 Å². The Morgan fingerprint density at radius 3 is 2.44 bits per heavy atom. The number of ketones is 1. The zero-order valence-electron chi connectivity index (χ0n) is 18.0. The number of ether oxygens (including phenoxy) is 1. The van der Waals surface area contributed by atoms with Crippen molar-refractivity contribution in [3.8, 4) is 0 Å². The van der Waals surface area contributed by atoms with Gasteiger partial charge in [-0.15, -0.1) is 0 Å². The summed E-state index contributed by atoms with van der Waals surface area (Å²) < 4.78 is 43.9. The first-order chi connectivity index (χ1) is 16.1. The third kappa shape index (κ3) is 4.81. The summed E-state index contributed by atoms with van der Waals surface area (Å²) >= 11 is 5.97. The highest BCUT2D eigenvalue weighted by Crippen LogP contribution is 2.38. The molecule has 1 saturated heterocycles. The first-order valence-corrected chi connectivity index (χ1v) is 11.2. The van der Waals surface area contributed by atoms with Gasteiger partial charge in [-0.25, -0.2) is 0 Å². The summed E-state index contributed by atoms with van der Waals surface area (Å²) in [5.41, 5.74) is -1.35. The van der Waals surface area contributed by atoms with E-state index >= 15 is 0 Å². The van der Waals surface area contributed by atoms with E-state index in [1.165, 1.54) is 0 Å². The van der Waals surface area contributed by atoms with Gasteiger partial charge in [-0.2, -0.15) is 13.2 Å². The van der Waals surface area contributed by atoms with Crippen molar-refractivity contribution >= 4 is 29.2 Å². The maximum atomic E-state index is 13.3. The molecule has 4 rings (SSSR count). The summed E-state index contributed by atoms with van der Waals surface area (Å²) in [6.45, 7) is -0.190. The van der Waals surface area contributed by atoms with Crippen LogP contribution in [0.2, 0.25) is 5.02 Å². The molecular weight excluding hydrogens is 473 g/mol. The van der Waals surface area contributed by atoms with Crippen molar-refractivity contribution in [3.05, 3.63) is 70.2 Å². The number of carbonyl (C=O) groups is 3. The van der Waals surface area contributed by atoms with E-state index in [1.807, 2.05) is 0 Å². The molecule has 10 heteroatoms. The number of halogens is 4. The monoisotopic (exact) mass is 494 g/mol. The minimum Gasteiger partial charge on any atom is -0.367 e. The number of rotatable bonds is 6. The SMILES string of the molecule is O=C(NCC(C(=O)NC12CCCC1OCC2=O)c1ccc(Cl)cc1)c1ccc(C(F)(F)F)cc1. The number of alkyl halides is 3. The van der Waals surface area contributed by atoms with Crippen LogP contribution in [0.15, 0.2) is 48.5 Å². The topological polar surface area (TPSA) is 84.5 Å². The van der Waals surface area contributed by atoms with Gasteiger partial charge in [0.05, 0.1) is 17.6 Å². The second-order valence-corrected chi connectivity index (χ2v) is 8.90. The van der Waals surface area contributed by atoms with Gasteiger partial charge in [0, 0.05) is 17.1 Å². The van der Waals surface area contributed by atoms with Crippen molar-refractivity contribution in [1.82, 2.24) is 10.6 Å². The molecule has 0 radical (unpaired) electrons. The van der Waals surface area contributed by atoms with E-state index in [-0.39, 0.29) is 30.6 Å². The fourth-order valence-electron chi connectivity index (χ4n) is 4.51. The zero-order valence-corrected chi connectivity index (χ0v) is 18.7. The van der Waals surface area contributed by atoms with Crippen molar-refractivity contribution in [2.24, 2.45) is 0 Å². The molecule has 2 aromatic rings. The highest BCUT2D eigenvalue weighted by atomic mass is 35.5. The van der Waals surface area contributed by atoms with Crippen molar-refractivity contribution in [2.75, 3.05) is 13.2 Å². The molecule has 0 aromatic heterocycles. The largest absolute Gasteiger partial charge is 0.416 e. The minimum absolute atomic E-state index is 0.0251. The highest BCUT2D eigenvalue weighted by Gasteiger charge is 2.55. The zero-order chi connectivity index (χ0) is 24.5. The summed E-state index contributed by atoms with van der Waals surface area (Å²) in [7, 11) is 0. The Hall–Kier alpha value is -2.91. The summed E-state index contributed by atoms with van der Waals surface area (Å²) in [6.07, 6.45) is -2.99. The van der Waals surface area contributed by atoms with E-state index in [0.717, 1.165) is 30.7 Å². The molecule has 0 spiro atoms. The van der Waals surface area contributed by atoms with Gasteiger partial charge < -0.3 is 15.4 Å². The van der Waals surface area contributed by atoms with Crippen LogP contribution in [0.5, 0.6) is 0 Å². The number of hydrogen-bond acceptors (Lipinski definition) is 4. The van der Waals surface area contributed by atoms with Crippen molar-refractivity contribution in [1.29, 1.82) is 0 Å². The van der Waals surface area contributed by atoms with Crippen LogP contribution >= 0.6 is 11.6 Å². The fraction of sp³-hybridized carbons (Fsp3) is 0.375. The smallest absolute Gasteiger partial charge is 0.367 e. The van der Waals surface area contributed by atoms with Crippen LogP contribution in [0.3, 0.4) is 0 Å². The first kappa shape index (κ1) is 24.2. The molecule has 3 unspecified atom stereocenters. The van der Waals surface area contributed by atoms with Gasteiger partial charge in [0.1, 0.15) is 12.1 Å². The molecule has 1 heterocycles. The van der Waals surface area contributed by atoms with Gasteiger partial charge in [0.2, 0.25) is 5.91 Å². The van der Waals surface area contributed by atoms with E-state index in [1.54, 1.807) is 24.3 Å². The molecule has 34 heavy (non-hydrogen) atoms. The Balaban J connectivity index is 1.51. The number of benzene rings is 2. The second-order valence-electron chi connectivity index (χ2n) is 8.46. The number of carbonyl (C=O) groups excluding carboxylic acids is 3. The number of Topliss-reactive ketones (excluding diaryl/α,β-unsaturated/α-hetero) is 1. The van der Waals surface area contributed by atoms with Crippen LogP contribution in [0.25, 0.3) is 0 Å². The summed E-state index contributed by atoms with van der Waals surface area (Å²) in [4.78, 5) is 38.5. The summed E-state index contributed by atoms with van der Waals surface area (Å²) in [5, 5.41) is 5.96. The van der Waals surface area contributed by atoms with Gasteiger partial charge in [-0.3, -0.25) is 14.4 Å². The number of hydrogen-bond donors (Lipinski definition) is 2. The van der Waals surface area contributed by atoms with Crippen LogP contribution < -0.4 is 10.6 Å². The predicted molar refractivity (Wildman–Crippen MR) is 117 cm³/mol. The quantitative estimate of drug-likeness (QED) is 0.638. The average molecular weight is 495 g/mol. The molecule has 2 aliphatic rings. The lowest BCUT2D eigenvalue weighted by molar-refractivity contribution is -0.137. The van der Waals surface area contributed by atoms with Crippen molar-refractivity contribution in [2.45, 2.75) is 43.0 Å². The van der Waals surface area contributed by atoms with E-state index < -0.39 is 35.0 Å². The predicted octanol–water partition coefficient (Wildman–Crippen LogP) is 3.88. The fourth-order valence-corrected chi connectivity index (χ4v) is 4.63. The molecule has 2 fully saturated rings. The average Bonchev–Trinajstić information content (AvgIpc) is 3.33. The lowest BCUT2D eigenvalue weighted by atomic mass is 9.90. The van der Waals surface area contributed by atoms with Gasteiger partial charge >= 0.3 is 6.18 Å². The molecule has 1 aliphatic carbocycles. The highest BCUT2D eigenvalue weighted by molar-refractivity contribution is 6.30. The molecule has 3 atom stereocenters. The van der Waals surface area contributed by atoms with Crippen LogP contribution in [-0.4, -0.2) is 42.4 Å². The third-order valence-electron chi connectivity index (χ3n) is 6.38. The Bertz CT molecular complexity index is 1090. The van der Waals surface area contributed by atoms with Crippen molar-refractivity contribution in [3.63, 3.8) is 0 Å². The molecule has 180 valence electrons. The van der Waals surface area contributed by atoms with Gasteiger partial charge in [-0.1, -0.05) is 23.7 Å². The third-order valence-corrected chi connectivity index (χ3v) is 6.63. The molecule has 2 N–H and O–H groups in total. The molecule has 1 saturated carbocycles. The normalized spacial score (nSPS) is 22.8. The standard InChI is InChI=1S/C24H22ClF3N2O4/c25-17-9-5-14(6-10-17)18(22(33)30-23-11-1-2-20(23)34-13-19(23)31)12-29-21(32)15-3-7-16(8-4-15)24(26,27)28/h3-10,18,20H,1-2,11-13H2,(H,29,32)(H,30,33). The van der Waals surface area contributed by atoms with E-state index in [2.05, 4.69) is 10.6 Å². The maximum absolute atomic E-state index is 13.3. The Labute approximate surface area is 198 Å².